The minimum Gasteiger partial charge on any atom is -0.396 e. The molecule has 17 heavy (non-hydrogen) atoms. The van der Waals surface area contributed by atoms with Gasteiger partial charge >= 0.3 is 11.9 Å². The van der Waals surface area contributed by atoms with Crippen LogP contribution in [-0.2, 0) is 4.74 Å². The second-order valence-electron chi connectivity index (χ2n) is 3.38. The number of rotatable bonds is 3. The number of ether oxygens (including phenoxy) is 1. The average Bonchev–Trinajstić information content (AvgIpc) is 2.64. The van der Waals surface area contributed by atoms with Gasteiger partial charge in [-0.3, -0.25) is 0 Å². The van der Waals surface area contributed by atoms with Crippen molar-refractivity contribution in [2.75, 3.05) is 13.2 Å². The molecule has 0 fully saturated rings. The number of benzene rings is 1. The molecule has 0 amide bonds. The molecule has 0 aliphatic carbocycles. The Morgan fingerprint density at radius 2 is 1.29 bits per heavy atom. The zero-order valence-electron chi connectivity index (χ0n) is 9.26. The van der Waals surface area contributed by atoms with Gasteiger partial charge in [-0.1, -0.05) is 12.1 Å². The van der Waals surface area contributed by atoms with Crippen LogP contribution >= 0.6 is 0 Å². The predicted octanol–water partition coefficient (Wildman–Crippen LogP) is 0.748. The van der Waals surface area contributed by atoms with E-state index in [-0.39, 0.29) is 13.2 Å². The van der Waals surface area contributed by atoms with E-state index < -0.39 is 11.9 Å². The second kappa shape index (κ2) is 6.78. The van der Waals surface area contributed by atoms with Crippen LogP contribution in [0.1, 0.15) is 33.6 Å². The molecule has 5 heteroatoms. The molecule has 1 aromatic rings. The van der Waals surface area contributed by atoms with Gasteiger partial charge in [0.25, 0.3) is 0 Å². The van der Waals surface area contributed by atoms with Crippen molar-refractivity contribution in [1.29, 1.82) is 0 Å². The van der Waals surface area contributed by atoms with Crippen LogP contribution in [0.5, 0.6) is 0 Å². The van der Waals surface area contributed by atoms with Crippen LogP contribution in [0.4, 0.5) is 0 Å². The summed E-state index contributed by atoms with van der Waals surface area (Å²) in [6.45, 7) is 0.390. The standard InChI is InChI=1S/C8H4O3.C4H10O2/c9-7-5-3-1-2-4-6(5)8(10)11-7;5-3-1-2-4-6/h1-4H;5-6H,1-4H2. The third-order valence-corrected chi connectivity index (χ3v) is 2.12. The number of unbranched alkanes of at least 4 members (excludes halogenated alkanes) is 1. The van der Waals surface area contributed by atoms with Crippen LogP contribution < -0.4 is 0 Å². The molecule has 2 rings (SSSR count). The molecule has 2 N–H and O–H groups in total. The van der Waals surface area contributed by atoms with E-state index in [1.165, 1.54) is 0 Å². The molecule has 0 spiro atoms. The first kappa shape index (κ1) is 13.3. The predicted molar refractivity (Wildman–Crippen MR) is 59.6 cm³/mol. The van der Waals surface area contributed by atoms with Gasteiger partial charge in [0, 0.05) is 13.2 Å². The van der Waals surface area contributed by atoms with E-state index in [9.17, 15) is 9.59 Å². The van der Waals surface area contributed by atoms with Crippen LogP contribution in [0.3, 0.4) is 0 Å². The van der Waals surface area contributed by atoms with E-state index in [2.05, 4.69) is 4.74 Å². The van der Waals surface area contributed by atoms with Gasteiger partial charge in [0.05, 0.1) is 11.1 Å². The largest absolute Gasteiger partial charge is 0.396 e. The highest BCUT2D eigenvalue weighted by molar-refractivity contribution is 6.14. The summed E-state index contributed by atoms with van der Waals surface area (Å²) >= 11 is 0. The Labute approximate surface area is 98.6 Å². The SMILES string of the molecule is O=C1OC(=O)c2ccccc21.OCCCCO. The van der Waals surface area contributed by atoms with E-state index in [0.717, 1.165) is 12.8 Å². The molecule has 0 unspecified atom stereocenters. The van der Waals surface area contributed by atoms with Crippen molar-refractivity contribution in [2.24, 2.45) is 0 Å². The molecule has 0 bridgehead atoms. The number of hydrogen-bond acceptors (Lipinski definition) is 5. The lowest BCUT2D eigenvalue weighted by Crippen LogP contribution is -1.96. The van der Waals surface area contributed by atoms with Gasteiger partial charge in [-0.2, -0.15) is 0 Å². The van der Waals surface area contributed by atoms with Crippen LogP contribution in [-0.4, -0.2) is 35.4 Å². The molecule has 1 aliphatic rings. The third-order valence-electron chi connectivity index (χ3n) is 2.12. The first-order valence-electron chi connectivity index (χ1n) is 5.28. The first-order chi connectivity index (χ1) is 8.20. The topological polar surface area (TPSA) is 83.8 Å². The number of hydrogen-bond donors (Lipinski definition) is 2. The summed E-state index contributed by atoms with van der Waals surface area (Å²) in [6.07, 6.45) is 1.44. The molecule has 1 heterocycles. The maximum Gasteiger partial charge on any atom is 0.346 e. The van der Waals surface area contributed by atoms with Crippen molar-refractivity contribution in [2.45, 2.75) is 12.8 Å². The number of fused-ring (bicyclic) bond motifs is 1. The molecule has 0 radical (unpaired) electrons. The lowest BCUT2D eigenvalue weighted by Gasteiger charge is -1.86. The molecule has 0 atom stereocenters. The molecular formula is C12H14O5. The van der Waals surface area contributed by atoms with E-state index in [0.29, 0.717) is 11.1 Å². The highest BCUT2D eigenvalue weighted by Crippen LogP contribution is 2.18. The van der Waals surface area contributed by atoms with Crippen LogP contribution in [0, 0.1) is 0 Å². The number of aliphatic hydroxyl groups excluding tert-OH is 2. The van der Waals surface area contributed by atoms with Gasteiger partial charge in [-0.05, 0) is 25.0 Å². The number of carbonyl (C=O) groups excluding carboxylic acids is 2. The molecule has 1 aromatic carbocycles. The molecule has 5 nitrogen and oxygen atoms in total. The number of esters is 2. The quantitative estimate of drug-likeness (QED) is 0.461. The van der Waals surface area contributed by atoms with Crippen molar-refractivity contribution >= 4 is 11.9 Å². The van der Waals surface area contributed by atoms with E-state index >= 15 is 0 Å². The minimum absolute atomic E-state index is 0.195. The minimum atomic E-state index is -0.550. The van der Waals surface area contributed by atoms with Crippen LogP contribution in [0.2, 0.25) is 0 Å². The van der Waals surface area contributed by atoms with Gasteiger partial charge in [-0.25, -0.2) is 9.59 Å². The van der Waals surface area contributed by atoms with Gasteiger partial charge in [0.1, 0.15) is 0 Å². The van der Waals surface area contributed by atoms with Crippen molar-refractivity contribution in [3.8, 4) is 0 Å². The maximum atomic E-state index is 10.8. The highest BCUT2D eigenvalue weighted by Gasteiger charge is 2.28. The van der Waals surface area contributed by atoms with E-state index in [4.69, 9.17) is 10.2 Å². The normalized spacial score (nSPS) is 12.6. The molecule has 0 saturated heterocycles. The molecule has 0 saturated carbocycles. The van der Waals surface area contributed by atoms with Crippen molar-refractivity contribution in [3.63, 3.8) is 0 Å². The highest BCUT2D eigenvalue weighted by atomic mass is 16.6. The fourth-order valence-corrected chi connectivity index (χ4v) is 1.26. The first-order valence-corrected chi connectivity index (χ1v) is 5.28. The Morgan fingerprint density at radius 3 is 1.65 bits per heavy atom. The van der Waals surface area contributed by atoms with Gasteiger partial charge in [-0.15, -0.1) is 0 Å². The van der Waals surface area contributed by atoms with Gasteiger partial charge in [0.2, 0.25) is 0 Å². The maximum absolute atomic E-state index is 10.8. The summed E-state index contributed by atoms with van der Waals surface area (Å²) in [5, 5.41) is 16.2. The van der Waals surface area contributed by atoms with E-state index in [1.54, 1.807) is 24.3 Å². The average molecular weight is 238 g/mol. The Kier molecular flexibility index (Phi) is 5.32. The van der Waals surface area contributed by atoms with Crippen molar-refractivity contribution < 1.29 is 24.5 Å². The van der Waals surface area contributed by atoms with E-state index in [1.807, 2.05) is 0 Å². The van der Waals surface area contributed by atoms with Gasteiger partial charge < -0.3 is 14.9 Å². The smallest absolute Gasteiger partial charge is 0.346 e. The molecule has 0 aromatic heterocycles. The zero-order valence-corrected chi connectivity index (χ0v) is 9.26. The fourth-order valence-electron chi connectivity index (χ4n) is 1.26. The Balaban J connectivity index is 0.000000209. The Hall–Kier alpha value is -1.72. The monoisotopic (exact) mass is 238 g/mol. The zero-order chi connectivity index (χ0) is 12.7. The third kappa shape index (κ3) is 3.65. The summed E-state index contributed by atoms with van der Waals surface area (Å²) in [5.74, 6) is -1.10. The summed E-state index contributed by atoms with van der Waals surface area (Å²) in [7, 11) is 0. The Morgan fingerprint density at radius 1 is 0.882 bits per heavy atom. The summed E-state index contributed by atoms with van der Waals surface area (Å²) in [6, 6.07) is 6.53. The number of carbonyl (C=O) groups is 2. The van der Waals surface area contributed by atoms with Crippen molar-refractivity contribution in [1.82, 2.24) is 0 Å². The summed E-state index contributed by atoms with van der Waals surface area (Å²) in [4.78, 5) is 21.7. The molecular weight excluding hydrogens is 224 g/mol. The lowest BCUT2D eigenvalue weighted by atomic mass is 10.1. The lowest BCUT2D eigenvalue weighted by molar-refractivity contribution is 0.0444. The molecule has 92 valence electrons. The second-order valence-corrected chi connectivity index (χ2v) is 3.38. The Bertz CT molecular complexity index is 363. The van der Waals surface area contributed by atoms with Crippen LogP contribution in [0.25, 0.3) is 0 Å². The summed E-state index contributed by atoms with van der Waals surface area (Å²) in [5.41, 5.74) is 0.718. The summed E-state index contributed by atoms with van der Waals surface area (Å²) < 4.78 is 4.35. The number of cyclic esters (lactones) is 2. The number of aliphatic hydroxyl groups is 2. The fraction of sp³-hybridized carbons (Fsp3) is 0.333. The van der Waals surface area contributed by atoms with Crippen LogP contribution in [0.15, 0.2) is 24.3 Å². The molecule has 1 aliphatic heterocycles. The van der Waals surface area contributed by atoms with Gasteiger partial charge in [0.15, 0.2) is 0 Å². The van der Waals surface area contributed by atoms with Crippen molar-refractivity contribution in [3.05, 3.63) is 35.4 Å².